The van der Waals surface area contributed by atoms with Crippen molar-refractivity contribution < 1.29 is 0 Å². The largest absolute Gasteiger partial charge is 0.313 e. The van der Waals surface area contributed by atoms with Gasteiger partial charge < -0.3 is 5.73 Å². The fourth-order valence-corrected chi connectivity index (χ4v) is 2.20. The standard InChI is InChI=1S/C11H21N3/c1-9-5-4-6-10(2)14(9)8-11(3,13)7-12/h9-10H,4-6,8,13H2,1-3H3. The molecule has 3 unspecified atom stereocenters. The zero-order valence-corrected chi connectivity index (χ0v) is 9.45. The Morgan fingerprint density at radius 2 is 1.93 bits per heavy atom. The van der Waals surface area contributed by atoms with Crippen LogP contribution >= 0.6 is 0 Å². The van der Waals surface area contributed by atoms with E-state index in [2.05, 4.69) is 24.8 Å². The van der Waals surface area contributed by atoms with Crippen LogP contribution < -0.4 is 5.73 Å². The molecule has 0 aromatic carbocycles. The second-order valence-corrected chi connectivity index (χ2v) is 4.83. The molecule has 3 nitrogen and oxygen atoms in total. The van der Waals surface area contributed by atoms with E-state index >= 15 is 0 Å². The van der Waals surface area contributed by atoms with Gasteiger partial charge in [0.05, 0.1) is 6.07 Å². The lowest BCUT2D eigenvalue weighted by molar-refractivity contribution is 0.0888. The minimum atomic E-state index is -0.708. The van der Waals surface area contributed by atoms with Crippen LogP contribution in [0.25, 0.3) is 0 Å². The Kier molecular flexibility index (Phi) is 3.52. The first-order valence-electron chi connectivity index (χ1n) is 5.42. The summed E-state index contributed by atoms with van der Waals surface area (Å²) in [4.78, 5) is 2.37. The van der Waals surface area contributed by atoms with E-state index in [-0.39, 0.29) is 0 Å². The summed E-state index contributed by atoms with van der Waals surface area (Å²) < 4.78 is 0. The molecule has 1 heterocycles. The average molecular weight is 195 g/mol. The van der Waals surface area contributed by atoms with Crippen molar-refractivity contribution >= 4 is 0 Å². The maximum absolute atomic E-state index is 8.90. The van der Waals surface area contributed by atoms with E-state index in [1.165, 1.54) is 19.3 Å². The van der Waals surface area contributed by atoms with Gasteiger partial charge in [-0.1, -0.05) is 6.42 Å². The van der Waals surface area contributed by atoms with E-state index in [1.807, 2.05) is 0 Å². The van der Waals surface area contributed by atoms with Gasteiger partial charge in [0.1, 0.15) is 5.54 Å². The highest BCUT2D eigenvalue weighted by Crippen LogP contribution is 2.23. The summed E-state index contributed by atoms with van der Waals surface area (Å²) in [5.74, 6) is 0. The van der Waals surface area contributed by atoms with Gasteiger partial charge >= 0.3 is 0 Å². The summed E-state index contributed by atoms with van der Waals surface area (Å²) in [6.45, 7) is 6.94. The highest BCUT2D eigenvalue weighted by atomic mass is 15.2. The molecule has 1 aliphatic rings. The summed E-state index contributed by atoms with van der Waals surface area (Å²) in [6.07, 6.45) is 3.75. The van der Waals surface area contributed by atoms with Crippen LogP contribution in [-0.2, 0) is 0 Å². The Morgan fingerprint density at radius 3 is 2.36 bits per heavy atom. The van der Waals surface area contributed by atoms with Gasteiger partial charge in [0.2, 0.25) is 0 Å². The Morgan fingerprint density at radius 1 is 1.43 bits per heavy atom. The molecule has 14 heavy (non-hydrogen) atoms. The number of piperidine rings is 1. The first-order chi connectivity index (χ1) is 6.46. The van der Waals surface area contributed by atoms with Gasteiger partial charge in [0.15, 0.2) is 0 Å². The van der Waals surface area contributed by atoms with E-state index < -0.39 is 5.54 Å². The second-order valence-electron chi connectivity index (χ2n) is 4.83. The molecule has 0 aromatic rings. The molecule has 0 amide bonds. The van der Waals surface area contributed by atoms with E-state index in [4.69, 9.17) is 11.0 Å². The quantitative estimate of drug-likeness (QED) is 0.726. The van der Waals surface area contributed by atoms with E-state index in [0.717, 1.165) is 0 Å². The maximum atomic E-state index is 8.90. The highest BCUT2D eigenvalue weighted by molar-refractivity contribution is 5.04. The SMILES string of the molecule is CC1CCCC(C)N1CC(C)(N)C#N. The maximum Gasteiger partial charge on any atom is 0.114 e. The Bertz CT molecular complexity index is 219. The van der Waals surface area contributed by atoms with Crippen LogP contribution in [0.15, 0.2) is 0 Å². The molecule has 80 valence electrons. The minimum absolute atomic E-state index is 0.565. The summed E-state index contributed by atoms with van der Waals surface area (Å²) in [6, 6.07) is 3.30. The molecule has 3 atom stereocenters. The lowest BCUT2D eigenvalue weighted by Gasteiger charge is -2.41. The van der Waals surface area contributed by atoms with Crippen molar-refractivity contribution in [1.29, 1.82) is 5.26 Å². The van der Waals surface area contributed by atoms with Crippen molar-refractivity contribution in [3.63, 3.8) is 0 Å². The van der Waals surface area contributed by atoms with Gasteiger partial charge in [-0.15, -0.1) is 0 Å². The van der Waals surface area contributed by atoms with Crippen molar-refractivity contribution in [3.05, 3.63) is 0 Å². The predicted molar refractivity (Wildman–Crippen MR) is 57.7 cm³/mol. The monoisotopic (exact) mass is 195 g/mol. The summed E-state index contributed by atoms with van der Waals surface area (Å²) in [5.41, 5.74) is 5.16. The second kappa shape index (κ2) is 4.29. The van der Waals surface area contributed by atoms with Gasteiger partial charge in [0, 0.05) is 18.6 Å². The molecule has 0 aliphatic carbocycles. The molecule has 0 spiro atoms. The Hall–Kier alpha value is -0.590. The third-order valence-corrected chi connectivity index (χ3v) is 3.14. The fraction of sp³-hybridized carbons (Fsp3) is 0.909. The number of nitriles is 1. The van der Waals surface area contributed by atoms with Crippen LogP contribution in [0.3, 0.4) is 0 Å². The van der Waals surface area contributed by atoms with Gasteiger partial charge in [0.25, 0.3) is 0 Å². The summed E-state index contributed by atoms with van der Waals surface area (Å²) >= 11 is 0. The van der Waals surface area contributed by atoms with Gasteiger partial charge in [-0.25, -0.2) is 0 Å². The zero-order chi connectivity index (χ0) is 10.8. The van der Waals surface area contributed by atoms with E-state index in [9.17, 15) is 0 Å². The average Bonchev–Trinajstić information content (AvgIpc) is 2.12. The van der Waals surface area contributed by atoms with Crippen LogP contribution in [0.2, 0.25) is 0 Å². The molecule has 3 heteroatoms. The molecule has 0 aromatic heterocycles. The molecule has 1 rings (SSSR count). The Balaban J connectivity index is 2.61. The first-order valence-corrected chi connectivity index (χ1v) is 5.42. The molecule has 1 saturated heterocycles. The lowest BCUT2D eigenvalue weighted by Crippen LogP contribution is -2.54. The molecular formula is C11H21N3. The molecule has 1 fully saturated rings. The van der Waals surface area contributed by atoms with Crippen LogP contribution in [0, 0.1) is 11.3 Å². The number of likely N-dealkylation sites (tertiary alicyclic amines) is 1. The molecule has 0 saturated carbocycles. The highest BCUT2D eigenvalue weighted by Gasteiger charge is 2.30. The third-order valence-electron chi connectivity index (χ3n) is 3.14. The molecule has 2 N–H and O–H groups in total. The molecule has 1 aliphatic heterocycles. The number of rotatable bonds is 2. The molecule has 0 bridgehead atoms. The Labute approximate surface area is 86.9 Å². The molecular weight excluding hydrogens is 174 g/mol. The van der Waals surface area contributed by atoms with Crippen molar-refractivity contribution in [2.75, 3.05) is 6.54 Å². The minimum Gasteiger partial charge on any atom is -0.313 e. The number of hydrogen-bond acceptors (Lipinski definition) is 3. The van der Waals surface area contributed by atoms with Gasteiger partial charge in [-0.3, -0.25) is 4.90 Å². The van der Waals surface area contributed by atoms with Gasteiger partial charge in [-0.2, -0.15) is 5.26 Å². The van der Waals surface area contributed by atoms with Crippen LogP contribution in [-0.4, -0.2) is 29.1 Å². The fourth-order valence-electron chi connectivity index (χ4n) is 2.20. The lowest BCUT2D eigenvalue weighted by atomic mass is 9.94. The van der Waals surface area contributed by atoms with Gasteiger partial charge in [-0.05, 0) is 33.6 Å². The summed E-state index contributed by atoms with van der Waals surface area (Å²) in [5, 5.41) is 8.90. The topological polar surface area (TPSA) is 53.0 Å². The third kappa shape index (κ3) is 2.70. The normalized spacial score (nSPS) is 33.4. The summed E-state index contributed by atoms with van der Waals surface area (Å²) in [7, 11) is 0. The van der Waals surface area contributed by atoms with Crippen molar-refractivity contribution in [3.8, 4) is 6.07 Å². The first kappa shape index (κ1) is 11.5. The van der Waals surface area contributed by atoms with Crippen LogP contribution in [0.1, 0.15) is 40.0 Å². The molecule has 0 radical (unpaired) electrons. The van der Waals surface area contributed by atoms with Crippen molar-refractivity contribution in [2.24, 2.45) is 5.73 Å². The van der Waals surface area contributed by atoms with Crippen LogP contribution in [0.5, 0.6) is 0 Å². The van der Waals surface area contributed by atoms with E-state index in [1.54, 1.807) is 6.92 Å². The number of hydrogen-bond donors (Lipinski definition) is 1. The number of nitrogens with two attached hydrogens (primary N) is 1. The van der Waals surface area contributed by atoms with Crippen molar-refractivity contribution in [1.82, 2.24) is 4.90 Å². The smallest absolute Gasteiger partial charge is 0.114 e. The predicted octanol–water partition coefficient (Wildman–Crippen LogP) is 1.49. The number of nitrogens with zero attached hydrogens (tertiary/aromatic N) is 2. The zero-order valence-electron chi connectivity index (χ0n) is 9.45. The van der Waals surface area contributed by atoms with E-state index in [0.29, 0.717) is 18.6 Å². The van der Waals surface area contributed by atoms with Crippen molar-refractivity contribution in [2.45, 2.75) is 57.7 Å². The van der Waals surface area contributed by atoms with Crippen LogP contribution in [0.4, 0.5) is 0 Å².